The molecule has 0 radical (unpaired) electrons. The first-order valence-corrected chi connectivity index (χ1v) is 12.7. The van der Waals surface area contributed by atoms with Crippen LogP contribution in [0, 0.1) is 18.6 Å². The van der Waals surface area contributed by atoms with E-state index in [1.807, 2.05) is 19.3 Å². The molecule has 0 unspecified atom stereocenters. The van der Waals surface area contributed by atoms with E-state index in [2.05, 4.69) is 10.2 Å². The second-order valence-electron chi connectivity index (χ2n) is 9.61. The third-order valence-electron chi connectivity index (χ3n) is 6.80. The molecule has 6 rings (SSSR count). The second kappa shape index (κ2) is 10.3. The van der Waals surface area contributed by atoms with Gasteiger partial charge in [-0.2, -0.15) is 10.2 Å². The lowest BCUT2D eigenvalue weighted by Gasteiger charge is -2.12. The highest BCUT2D eigenvalue weighted by Gasteiger charge is 2.19. The Labute approximate surface area is 232 Å². The Morgan fingerprint density at radius 1 is 0.951 bits per heavy atom. The van der Waals surface area contributed by atoms with Crippen molar-refractivity contribution in [2.24, 2.45) is 7.05 Å². The van der Waals surface area contributed by atoms with Crippen molar-refractivity contribution in [3.63, 3.8) is 0 Å². The molecular weight excluding hydrogens is 528 g/mol. The van der Waals surface area contributed by atoms with Gasteiger partial charge < -0.3 is 4.74 Å². The lowest BCUT2D eigenvalue weighted by atomic mass is 10.0. The molecule has 0 aliphatic carbocycles. The average molecular weight is 552 g/mol. The first-order valence-electron chi connectivity index (χ1n) is 12.7. The molecule has 2 aromatic carbocycles. The van der Waals surface area contributed by atoms with Crippen LogP contribution in [-0.2, 0) is 13.5 Å². The van der Waals surface area contributed by atoms with Crippen LogP contribution in [0.3, 0.4) is 0 Å². The van der Waals surface area contributed by atoms with E-state index < -0.39 is 23.0 Å². The molecule has 0 N–H and O–H groups in total. The molecule has 0 atom stereocenters. The van der Waals surface area contributed by atoms with Crippen LogP contribution in [0.1, 0.15) is 21.5 Å². The number of halogens is 2. The summed E-state index contributed by atoms with van der Waals surface area (Å²) in [7, 11) is 1.82. The number of pyridine rings is 1. The molecular formula is C31H23F2N5O3. The van der Waals surface area contributed by atoms with Crippen molar-refractivity contribution in [1.82, 2.24) is 24.0 Å². The number of Topliss-reactive ketones (excluding diaryl/α,β-unsaturated/α-hetero) is 1. The van der Waals surface area contributed by atoms with Crippen LogP contribution in [0.15, 0.2) is 96.4 Å². The van der Waals surface area contributed by atoms with Crippen molar-refractivity contribution >= 4 is 11.3 Å². The van der Waals surface area contributed by atoms with E-state index in [0.717, 1.165) is 11.1 Å². The van der Waals surface area contributed by atoms with Crippen LogP contribution in [0.5, 0.6) is 11.5 Å². The summed E-state index contributed by atoms with van der Waals surface area (Å²) in [6.45, 7) is 1.66. The molecule has 0 spiro atoms. The van der Waals surface area contributed by atoms with E-state index in [1.165, 1.54) is 47.2 Å². The molecule has 0 aliphatic rings. The predicted molar refractivity (Wildman–Crippen MR) is 149 cm³/mol. The molecule has 0 fully saturated rings. The van der Waals surface area contributed by atoms with Crippen LogP contribution in [0.4, 0.5) is 8.78 Å². The summed E-state index contributed by atoms with van der Waals surface area (Å²) < 4.78 is 39.2. The number of nitrogens with zero attached hydrogens (tertiary/aromatic N) is 5. The fraction of sp³-hybridized carbons (Fsp3) is 0.0968. The molecule has 204 valence electrons. The fourth-order valence-electron chi connectivity index (χ4n) is 4.79. The molecule has 6 aromatic rings. The predicted octanol–water partition coefficient (Wildman–Crippen LogP) is 5.69. The van der Waals surface area contributed by atoms with Gasteiger partial charge in [0, 0.05) is 54.9 Å². The van der Waals surface area contributed by atoms with Gasteiger partial charge in [0.2, 0.25) is 0 Å². The Morgan fingerprint density at radius 3 is 2.49 bits per heavy atom. The van der Waals surface area contributed by atoms with Crippen molar-refractivity contribution in [2.75, 3.05) is 0 Å². The minimum Gasteiger partial charge on any atom is -0.452 e. The van der Waals surface area contributed by atoms with Crippen LogP contribution in [-0.4, -0.2) is 29.7 Å². The van der Waals surface area contributed by atoms with Crippen LogP contribution < -0.4 is 10.3 Å². The van der Waals surface area contributed by atoms with Gasteiger partial charge in [-0.15, -0.1) is 0 Å². The van der Waals surface area contributed by atoms with Gasteiger partial charge in [0.15, 0.2) is 23.1 Å². The second-order valence-corrected chi connectivity index (χ2v) is 9.61. The number of ketones is 1. The third-order valence-corrected chi connectivity index (χ3v) is 6.80. The summed E-state index contributed by atoms with van der Waals surface area (Å²) in [5.41, 5.74) is 3.11. The maximum Gasteiger partial charge on any atom is 0.266 e. The topological polar surface area (TPSA) is 83.4 Å². The van der Waals surface area contributed by atoms with Crippen molar-refractivity contribution in [3.05, 3.63) is 130 Å². The highest BCUT2D eigenvalue weighted by Crippen LogP contribution is 2.35. The molecule has 0 amide bonds. The van der Waals surface area contributed by atoms with Gasteiger partial charge in [0.05, 0.1) is 18.0 Å². The SMILES string of the molecule is Cc1ccn(-c2ccc(F)cc2)c(=O)c1C(=O)Cc1ccc(Oc2ccnn3ccc(-c4cnn(C)c4)c23)c(F)c1. The molecule has 4 aromatic heterocycles. The first-order chi connectivity index (χ1) is 19.8. The smallest absolute Gasteiger partial charge is 0.266 e. The van der Waals surface area contributed by atoms with Crippen molar-refractivity contribution < 1.29 is 18.3 Å². The monoisotopic (exact) mass is 551 g/mol. The number of aryl methyl sites for hydroxylation is 2. The van der Waals surface area contributed by atoms with Crippen LogP contribution in [0.2, 0.25) is 0 Å². The zero-order chi connectivity index (χ0) is 28.7. The Morgan fingerprint density at radius 2 is 1.76 bits per heavy atom. The lowest BCUT2D eigenvalue weighted by molar-refractivity contribution is 0.0990. The zero-order valence-corrected chi connectivity index (χ0v) is 22.1. The van der Waals surface area contributed by atoms with E-state index in [0.29, 0.717) is 28.1 Å². The highest BCUT2D eigenvalue weighted by atomic mass is 19.1. The number of ether oxygens (including phenoxy) is 1. The van der Waals surface area contributed by atoms with Crippen LogP contribution >= 0.6 is 0 Å². The van der Waals surface area contributed by atoms with Crippen molar-refractivity contribution in [2.45, 2.75) is 13.3 Å². The maximum absolute atomic E-state index is 15.2. The van der Waals surface area contributed by atoms with Crippen LogP contribution in [0.25, 0.3) is 22.3 Å². The molecule has 41 heavy (non-hydrogen) atoms. The summed E-state index contributed by atoms with van der Waals surface area (Å²) in [4.78, 5) is 26.4. The third kappa shape index (κ3) is 4.91. The molecule has 0 aliphatic heterocycles. The minimum atomic E-state index is -0.659. The number of fused-ring (bicyclic) bond motifs is 1. The first kappa shape index (κ1) is 25.9. The number of hydrogen-bond donors (Lipinski definition) is 0. The quantitative estimate of drug-likeness (QED) is 0.238. The number of benzene rings is 2. The largest absolute Gasteiger partial charge is 0.452 e. The standard InChI is InChI=1S/C31H23F2N5O3/c1-19-10-13-37(23-6-4-22(32)5-7-23)31(40)29(19)26(39)16-20-3-8-27(25(33)15-20)41-28-9-12-34-38-14-11-24(30(28)38)21-17-35-36(2)18-21/h3-15,17-18H,16H2,1-2H3. The molecule has 0 saturated heterocycles. The number of carbonyl (C=O) groups is 1. The lowest BCUT2D eigenvalue weighted by Crippen LogP contribution is -2.27. The number of aromatic nitrogens is 5. The van der Waals surface area contributed by atoms with E-state index in [1.54, 1.807) is 52.9 Å². The summed E-state index contributed by atoms with van der Waals surface area (Å²) in [5.74, 6) is -1.18. The van der Waals surface area contributed by atoms with E-state index in [-0.39, 0.29) is 17.7 Å². The summed E-state index contributed by atoms with van der Waals surface area (Å²) in [6, 6.07) is 14.8. The van der Waals surface area contributed by atoms with Gasteiger partial charge in [0.1, 0.15) is 11.3 Å². The average Bonchev–Trinajstić information content (AvgIpc) is 3.57. The zero-order valence-electron chi connectivity index (χ0n) is 22.1. The van der Waals surface area contributed by atoms with E-state index >= 15 is 4.39 Å². The van der Waals surface area contributed by atoms with E-state index in [4.69, 9.17) is 4.74 Å². The van der Waals surface area contributed by atoms with E-state index in [9.17, 15) is 14.0 Å². The maximum atomic E-state index is 15.2. The van der Waals surface area contributed by atoms with Gasteiger partial charge in [-0.25, -0.2) is 13.3 Å². The Hall–Kier alpha value is -5.38. The Balaban J connectivity index is 1.27. The van der Waals surface area contributed by atoms with Gasteiger partial charge in [-0.05, 0) is 66.6 Å². The van der Waals surface area contributed by atoms with Crippen molar-refractivity contribution in [3.8, 4) is 28.3 Å². The van der Waals surface area contributed by atoms with Gasteiger partial charge in [-0.1, -0.05) is 6.07 Å². The van der Waals surface area contributed by atoms with Crippen molar-refractivity contribution in [1.29, 1.82) is 0 Å². The fourth-order valence-corrected chi connectivity index (χ4v) is 4.79. The summed E-state index contributed by atoms with van der Waals surface area (Å²) >= 11 is 0. The summed E-state index contributed by atoms with van der Waals surface area (Å²) in [5, 5.41) is 8.53. The number of hydrogen-bond acceptors (Lipinski definition) is 5. The normalized spacial score (nSPS) is 11.2. The molecule has 0 saturated carbocycles. The molecule has 10 heteroatoms. The highest BCUT2D eigenvalue weighted by molar-refractivity contribution is 5.98. The Bertz CT molecular complexity index is 1990. The number of rotatable bonds is 7. The molecule has 4 heterocycles. The van der Waals surface area contributed by atoms with Gasteiger partial charge in [0.25, 0.3) is 5.56 Å². The molecule has 8 nitrogen and oxygen atoms in total. The minimum absolute atomic E-state index is 0.00657. The van der Waals surface area contributed by atoms with Gasteiger partial charge in [-0.3, -0.25) is 18.8 Å². The van der Waals surface area contributed by atoms with Gasteiger partial charge >= 0.3 is 0 Å². The molecule has 0 bridgehead atoms. The number of carbonyl (C=O) groups excluding carboxylic acids is 1. The summed E-state index contributed by atoms with van der Waals surface area (Å²) in [6.07, 6.45) is 8.27. The Kier molecular flexibility index (Phi) is 6.50.